The molecular weight excluding hydrogens is 418 g/mol. The Hall–Kier alpha value is -3.20. The third-order valence-corrected chi connectivity index (χ3v) is 7.02. The molecule has 33 heavy (non-hydrogen) atoms. The van der Waals surface area contributed by atoms with E-state index in [1.807, 2.05) is 41.8 Å². The molecular formula is C24H31N7O2. The second-order valence-corrected chi connectivity index (χ2v) is 9.24. The molecule has 2 atom stereocenters. The molecule has 1 aromatic carbocycles. The van der Waals surface area contributed by atoms with Crippen molar-refractivity contribution in [2.75, 3.05) is 33.3 Å². The highest BCUT2D eigenvalue weighted by atomic mass is 16.5. The van der Waals surface area contributed by atoms with E-state index in [2.05, 4.69) is 32.3 Å². The number of rotatable bonds is 7. The summed E-state index contributed by atoms with van der Waals surface area (Å²) < 4.78 is 7.49. The number of hydrogen-bond donors (Lipinski definition) is 1. The highest BCUT2D eigenvalue weighted by molar-refractivity contribution is 5.76. The van der Waals surface area contributed by atoms with Gasteiger partial charge in [0.25, 0.3) is 0 Å². The SMILES string of the molecule is CCC(=O)N1C[C@H]2CN(Cc3ccc(OC)c(Cn4cccn4)c3)C[C@@]2(c2n[nH]c(C)n2)C1. The minimum absolute atomic E-state index is 0.209. The maximum atomic E-state index is 12.5. The Morgan fingerprint density at radius 3 is 2.85 bits per heavy atom. The fourth-order valence-corrected chi connectivity index (χ4v) is 5.47. The number of H-pyrrole nitrogens is 1. The Morgan fingerprint density at radius 1 is 1.27 bits per heavy atom. The van der Waals surface area contributed by atoms with E-state index in [0.29, 0.717) is 25.4 Å². The van der Waals surface area contributed by atoms with E-state index in [9.17, 15) is 4.79 Å². The molecule has 9 heteroatoms. The van der Waals surface area contributed by atoms with Crippen LogP contribution in [0.3, 0.4) is 0 Å². The van der Waals surface area contributed by atoms with Crippen LogP contribution in [0.25, 0.3) is 0 Å². The van der Waals surface area contributed by atoms with Crippen LogP contribution in [-0.2, 0) is 23.3 Å². The number of ether oxygens (including phenoxy) is 1. The number of carbonyl (C=O) groups is 1. The topological polar surface area (TPSA) is 92.2 Å². The van der Waals surface area contributed by atoms with Gasteiger partial charge in [0, 0.05) is 63.0 Å². The Kier molecular flexibility index (Phi) is 5.65. The number of carbonyl (C=O) groups excluding carboxylic acids is 1. The van der Waals surface area contributed by atoms with Gasteiger partial charge in [-0.3, -0.25) is 19.5 Å². The molecule has 2 fully saturated rings. The summed E-state index contributed by atoms with van der Waals surface area (Å²) in [6, 6.07) is 8.32. The zero-order valence-corrected chi connectivity index (χ0v) is 19.5. The first-order chi connectivity index (χ1) is 16.0. The number of nitrogens with one attached hydrogen (secondary N) is 1. The highest BCUT2D eigenvalue weighted by Crippen LogP contribution is 2.44. The van der Waals surface area contributed by atoms with Crippen molar-refractivity contribution in [1.82, 2.24) is 34.8 Å². The fourth-order valence-electron chi connectivity index (χ4n) is 5.47. The van der Waals surface area contributed by atoms with Gasteiger partial charge in [-0.1, -0.05) is 13.0 Å². The van der Waals surface area contributed by atoms with Crippen LogP contribution >= 0.6 is 0 Å². The summed E-state index contributed by atoms with van der Waals surface area (Å²) in [4.78, 5) is 21.7. The third kappa shape index (κ3) is 4.01. The maximum absolute atomic E-state index is 12.5. The number of nitrogens with zero attached hydrogens (tertiary/aromatic N) is 6. The number of benzene rings is 1. The number of aromatic nitrogens is 5. The summed E-state index contributed by atoms with van der Waals surface area (Å²) in [7, 11) is 1.70. The van der Waals surface area contributed by atoms with Crippen molar-refractivity contribution in [1.29, 1.82) is 0 Å². The lowest BCUT2D eigenvalue weighted by Gasteiger charge is -2.27. The third-order valence-electron chi connectivity index (χ3n) is 7.02. The average molecular weight is 450 g/mol. The molecule has 1 amide bonds. The zero-order valence-electron chi connectivity index (χ0n) is 19.5. The van der Waals surface area contributed by atoms with Crippen molar-refractivity contribution >= 4 is 5.91 Å². The molecule has 9 nitrogen and oxygen atoms in total. The molecule has 0 aliphatic carbocycles. The molecule has 1 N–H and O–H groups in total. The number of fused-ring (bicyclic) bond motifs is 1. The Morgan fingerprint density at radius 2 is 2.15 bits per heavy atom. The minimum atomic E-state index is -0.222. The predicted molar refractivity (Wildman–Crippen MR) is 123 cm³/mol. The van der Waals surface area contributed by atoms with Gasteiger partial charge in [-0.25, -0.2) is 4.98 Å². The van der Waals surface area contributed by atoms with E-state index in [1.165, 1.54) is 5.56 Å². The molecule has 5 rings (SSSR count). The van der Waals surface area contributed by atoms with E-state index in [-0.39, 0.29) is 11.3 Å². The van der Waals surface area contributed by atoms with Gasteiger partial charge in [0.05, 0.1) is 19.1 Å². The summed E-state index contributed by atoms with van der Waals surface area (Å²) in [6.07, 6.45) is 4.28. The quantitative estimate of drug-likeness (QED) is 0.593. The standard InChI is InChI=1S/C24H31N7O2/c1-4-22(32)30-14-20-13-29(15-24(20,16-30)23-26-17(2)27-28-23)11-18-6-7-21(33-3)19(10-18)12-31-9-5-8-25-31/h5-10,20H,4,11-16H2,1-3H3,(H,26,27,28)/t20-,24-/m1/s1. The van der Waals surface area contributed by atoms with Crippen LogP contribution in [0.1, 0.15) is 36.1 Å². The molecule has 2 aromatic heterocycles. The van der Waals surface area contributed by atoms with Crippen molar-refractivity contribution in [2.45, 2.75) is 38.8 Å². The minimum Gasteiger partial charge on any atom is -0.496 e. The summed E-state index contributed by atoms with van der Waals surface area (Å²) in [6.45, 7) is 8.56. The van der Waals surface area contributed by atoms with Crippen LogP contribution in [0.4, 0.5) is 0 Å². The number of methoxy groups -OCH3 is 1. The molecule has 2 saturated heterocycles. The molecule has 0 spiro atoms. The first-order valence-corrected chi connectivity index (χ1v) is 11.5. The average Bonchev–Trinajstić information content (AvgIpc) is 3.58. The lowest BCUT2D eigenvalue weighted by molar-refractivity contribution is -0.130. The van der Waals surface area contributed by atoms with Gasteiger partial charge in [-0.15, -0.1) is 0 Å². The highest BCUT2D eigenvalue weighted by Gasteiger charge is 2.56. The number of likely N-dealkylation sites (tertiary alicyclic amines) is 2. The van der Waals surface area contributed by atoms with Crippen LogP contribution in [0, 0.1) is 12.8 Å². The number of aromatic amines is 1. The second-order valence-electron chi connectivity index (χ2n) is 9.24. The number of hydrogen-bond acceptors (Lipinski definition) is 6. The van der Waals surface area contributed by atoms with E-state index < -0.39 is 0 Å². The van der Waals surface area contributed by atoms with Gasteiger partial charge < -0.3 is 9.64 Å². The normalized spacial score (nSPS) is 22.6. The Labute approximate surface area is 193 Å². The molecule has 0 saturated carbocycles. The molecule has 4 heterocycles. The van der Waals surface area contributed by atoms with Gasteiger partial charge in [-0.2, -0.15) is 10.2 Å². The van der Waals surface area contributed by atoms with Crippen molar-refractivity contribution in [3.8, 4) is 5.75 Å². The van der Waals surface area contributed by atoms with E-state index in [1.54, 1.807) is 13.3 Å². The summed E-state index contributed by atoms with van der Waals surface area (Å²) in [5.74, 6) is 3.06. The largest absolute Gasteiger partial charge is 0.496 e. The first kappa shape index (κ1) is 21.6. The van der Waals surface area contributed by atoms with Gasteiger partial charge in [0.1, 0.15) is 11.6 Å². The molecule has 2 aliphatic rings. The molecule has 3 aromatic rings. The monoisotopic (exact) mass is 449 g/mol. The lowest BCUT2D eigenvalue weighted by atomic mass is 9.80. The predicted octanol–water partition coefficient (Wildman–Crippen LogP) is 1.99. The van der Waals surface area contributed by atoms with Gasteiger partial charge in [0.15, 0.2) is 5.82 Å². The number of aryl methyl sites for hydroxylation is 1. The lowest BCUT2D eigenvalue weighted by Crippen LogP contribution is -2.40. The van der Waals surface area contributed by atoms with Crippen LogP contribution in [0.5, 0.6) is 5.75 Å². The van der Waals surface area contributed by atoms with Crippen molar-refractivity contribution < 1.29 is 9.53 Å². The van der Waals surface area contributed by atoms with E-state index in [0.717, 1.165) is 49.1 Å². The first-order valence-electron chi connectivity index (χ1n) is 11.5. The molecule has 0 bridgehead atoms. The molecule has 0 unspecified atom stereocenters. The molecule has 0 radical (unpaired) electrons. The van der Waals surface area contributed by atoms with Gasteiger partial charge in [-0.05, 0) is 30.7 Å². The van der Waals surface area contributed by atoms with Crippen LogP contribution in [-0.4, -0.2) is 74.0 Å². The van der Waals surface area contributed by atoms with E-state index >= 15 is 0 Å². The molecule has 2 aliphatic heterocycles. The van der Waals surface area contributed by atoms with Crippen molar-refractivity contribution in [2.24, 2.45) is 5.92 Å². The maximum Gasteiger partial charge on any atom is 0.222 e. The van der Waals surface area contributed by atoms with Gasteiger partial charge in [0.2, 0.25) is 5.91 Å². The van der Waals surface area contributed by atoms with Gasteiger partial charge >= 0.3 is 0 Å². The smallest absolute Gasteiger partial charge is 0.222 e. The van der Waals surface area contributed by atoms with Crippen LogP contribution in [0.15, 0.2) is 36.7 Å². The molecule has 174 valence electrons. The van der Waals surface area contributed by atoms with Crippen molar-refractivity contribution in [3.63, 3.8) is 0 Å². The Bertz CT molecular complexity index is 1130. The van der Waals surface area contributed by atoms with Crippen LogP contribution < -0.4 is 4.74 Å². The van der Waals surface area contributed by atoms with Crippen molar-refractivity contribution in [3.05, 3.63) is 59.4 Å². The summed E-state index contributed by atoms with van der Waals surface area (Å²) in [5, 5.41) is 11.9. The summed E-state index contributed by atoms with van der Waals surface area (Å²) >= 11 is 0. The summed E-state index contributed by atoms with van der Waals surface area (Å²) in [5.41, 5.74) is 2.12. The van der Waals surface area contributed by atoms with Crippen LogP contribution in [0.2, 0.25) is 0 Å². The number of amides is 1. The zero-order chi connectivity index (χ0) is 23.0. The fraction of sp³-hybridized carbons (Fsp3) is 0.500. The second kappa shape index (κ2) is 8.62. The van der Waals surface area contributed by atoms with E-state index in [4.69, 9.17) is 9.72 Å². The Balaban J connectivity index is 1.37.